The largest absolute Gasteiger partial charge is 0.507 e. The van der Waals surface area contributed by atoms with Crippen LogP contribution in [-0.2, 0) is 20.8 Å². The topological polar surface area (TPSA) is 74.2 Å². The quantitative estimate of drug-likeness (QED) is 0.820. The fraction of sp³-hybridized carbons (Fsp3) is 0.462. The van der Waals surface area contributed by atoms with Gasteiger partial charge in [0.05, 0.1) is 30.4 Å². The summed E-state index contributed by atoms with van der Waals surface area (Å²) in [5.41, 5.74) is 1.05. The van der Waals surface area contributed by atoms with Crippen LogP contribution in [0.4, 0.5) is 0 Å². The van der Waals surface area contributed by atoms with Crippen molar-refractivity contribution >= 4 is 5.97 Å². The fourth-order valence-electron chi connectivity index (χ4n) is 2.06. The lowest BCUT2D eigenvalue weighted by Crippen LogP contribution is -2.04. The molecule has 19 heavy (non-hydrogen) atoms. The van der Waals surface area contributed by atoms with Gasteiger partial charge in [0.1, 0.15) is 11.5 Å². The van der Waals surface area contributed by atoms with E-state index in [2.05, 4.69) is 0 Å². The number of esters is 1. The standard InChI is InChI=1S/C13H16O6/c1-4-18-13-10-7(12(15)19-13)5-9(17-3)8(6-16-2)11(10)14/h5,13-14H,4,6H2,1-3H3. The van der Waals surface area contributed by atoms with E-state index >= 15 is 0 Å². The van der Waals surface area contributed by atoms with E-state index in [1.807, 2.05) is 0 Å². The minimum atomic E-state index is -0.881. The summed E-state index contributed by atoms with van der Waals surface area (Å²) in [4.78, 5) is 11.7. The number of aromatic hydroxyl groups is 1. The van der Waals surface area contributed by atoms with Gasteiger partial charge < -0.3 is 24.1 Å². The van der Waals surface area contributed by atoms with Gasteiger partial charge in [0.2, 0.25) is 6.29 Å². The molecule has 1 unspecified atom stereocenters. The lowest BCUT2D eigenvalue weighted by molar-refractivity contribution is -0.100. The number of hydrogen-bond acceptors (Lipinski definition) is 6. The Morgan fingerprint density at radius 2 is 2.16 bits per heavy atom. The highest BCUT2D eigenvalue weighted by molar-refractivity contribution is 5.95. The normalized spacial score (nSPS) is 17.2. The van der Waals surface area contributed by atoms with Gasteiger partial charge in [-0.2, -0.15) is 0 Å². The summed E-state index contributed by atoms with van der Waals surface area (Å²) in [5, 5.41) is 10.3. The number of phenolic OH excluding ortho intramolecular Hbond substituents is 1. The molecule has 2 rings (SSSR count). The number of ether oxygens (including phenoxy) is 4. The van der Waals surface area contributed by atoms with E-state index in [1.165, 1.54) is 20.3 Å². The number of phenols is 1. The number of hydrogen-bond donors (Lipinski definition) is 1. The third-order valence-electron chi connectivity index (χ3n) is 2.90. The molecule has 1 aliphatic rings. The first-order valence-electron chi connectivity index (χ1n) is 5.88. The van der Waals surface area contributed by atoms with Crippen LogP contribution in [0.25, 0.3) is 0 Å². The third-order valence-corrected chi connectivity index (χ3v) is 2.90. The van der Waals surface area contributed by atoms with E-state index < -0.39 is 12.3 Å². The Kier molecular flexibility index (Phi) is 3.92. The van der Waals surface area contributed by atoms with Crippen LogP contribution in [0.15, 0.2) is 6.07 Å². The molecule has 0 saturated heterocycles. The van der Waals surface area contributed by atoms with Crippen LogP contribution in [0, 0.1) is 0 Å². The zero-order valence-corrected chi connectivity index (χ0v) is 11.1. The monoisotopic (exact) mass is 268 g/mol. The van der Waals surface area contributed by atoms with Crippen molar-refractivity contribution < 1.29 is 28.8 Å². The van der Waals surface area contributed by atoms with E-state index in [9.17, 15) is 9.90 Å². The zero-order chi connectivity index (χ0) is 14.0. The molecule has 1 aromatic rings. The van der Waals surface area contributed by atoms with Crippen molar-refractivity contribution in [2.75, 3.05) is 20.8 Å². The van der Waals surface area contributed by atoms with E-state index in [4.69, 9.17) is 18.9 Å². The van der Waals surface area contributed by atoms with Crippen LogP contribution in [0.2, 0.25) is 0 Å². The maximum absolute atomic E-state index is 11.7. The van der Waals surface area contributed by atoms with Gasteiger partial charge in [-0.05, 0) is 13.0 Å². The second kappa shape index (κ2) is 5.46. The van der Waals surface area contributed by atoms with Gasteiger partial charge in [0.25, 0.3) is 0 Å². The Morgan fingerprint density at radius 3 is 2.74 bits per heavy atom. The van der Waals surface area contributed by atoms with Crippen LogP contribution < -0.4 is 4.74 Å². The Morgan fingerprint density at radius 1 is 1.42 bits per heavy atom. The predicted molar refractivity (Wildman–Crippen MR) is 65.2 cm³/mol. The molecule has 0 saturated carbocycles. The summed E-state index contributed by atoms with van der Waals surface area (Å²) < 4.78 is 20.6. The van der Waals surface area contributed by atoms with E-state index in [0.717, 1.165) is 0 Å². The molecular formula is C13H16O6. The van der Waals surface area contributed by atoms with Crippen molar-refractivity contribution in [2.24, 2.45) is 0 Å². The minimum absolute atomic E-state index is 0.0829. The van der Waals surface area contributed by atoms with Crippen molar-refractivity contribution in [3.8, 4) is 11.5 Å². The molecule has 0 spiro atoms. The maximum Gasteiger partial charge on any atom is 0.341 e. The molecule has 0 fully saturated rings. The van der Waals surface area contributed by atoms with Crippen molar-refractivity contribution in [3.63, 3.8) is 0 Å². The minimum Gasteiger partial charge on any atom is -0.507 e. The smallest absolute Gasteiger partial charge is 0.341 e. The van der Waals surface area contributed by atoms with Crippen LogP contribution in [-0.4, -0.2) is 31.9 Å². The van der Waals surface area contributed by atoms with Crippen LogP contribution in [0.5, 0.6) is 11.5 Å². The van der Waals surface area contributed by atoms with Gasteiger partial charge >= 0.3 is 5.97 Å². The van der Waals surface area contributed by atoms with Crippen LogP contribution in [0.1, 0.15) is 34.7 Å². The molecular weight excluding hydrogens is 252 g/mol. The molecule has 0 aromatic heterocycles. The molecule has 1 heterocycles. The molecule has 1 N–H and O–H groups in total. The molecule has 104 valence electrons. The number of carbonyl (C=O) groups is 1. The summed E-state index contributed by atoms with van der Waals surface area (Å²) in [6.45, 7) is 2.31. The zero-order valence-electron chi connectivity index (χ0n) is 11.1. The number of rotatable bonds is 5. The second-order valence-electron chi connectivity index (χ2n) is 3.99. The summed E-state index contributed by atoms with van der Waals surface area (Å²) >= 11 is 0. The molecule has 0 bridgehead atoms. The Labute approximate surface area is 110 Å². The average Bonchev–Trinajstić information content (AvgIpc) is 2.70. The van der Waals surface area contributed by atoms with Gasteiger partial charge in [-0.25, -0.2) is 4.79 Å². The first-order valence-corrected chi connectivity index (χ1v) is 5.88. The fourth-order valence-corrected chi connectivity index (χ4v) is 2.06. The maximum atomic E-state index is 11.7. The van der Waals surface area contributed by atoms with Gasteiger partial charge in [-0.3, -0.25) is 0 Å². The molecule has 6 nitrogen and oxygen atoms in total. The molecule has 6 heteroatoms. The van der Waals surface area contributed by atoms with Crippen molar-refractivity contribution in [2.45, 2.75) is 19.8 Å². The van der Waals surface area contributed by atoms with Gasteiger partial charge in [-0.15, -0.1) is 0 Å². The van der Waals surface area contributed by atoms with Crippen molar-refractivity contribution in [3.05, 3.63) is 22.8 Å². The second-order valence-corrected chi connectivity index (χ2v) is 3.99. The van der Waals surface area contributed by atoms with Crippen LogP contribution in [0.3, 0.4) is 0 Å². The Hall–Kier alpha value is -1.79. The predicted octanol–water partition coefficient (Wildman–Crippen LogP) is 1.75. The lowest BCUT2D eigenvalue weighted by Gasteiger charge is -2.15. The third kappa shape index (κ3) is 2.24. The first kappa shape index (κ1) is 13.6. The number of fused-ring (bicyclic) bond motifs is 1. The SMILES string of the molecule is CCOC1OC(=O)c2cc(OC)c(COC)c(O)c21. The first-order chi connectivity index (χ1) is 9.13. The molecule has 1 aromatic carbocycles. The van der Waals surface area contributed by atoms with E-state index in [1.54, 1.807) is 6.92 Å². The van der Waals surface area contributed by atoms with Crippen LogP contribution >= 0.6 is 0 Å². The average molecular weight is 268 g/mol. The number of carbonyl (C=O) groups excluding carboxylic acids is 1. The summed E-state index contributed by atoms with van der Waals surface area (Å²) in [6, 6.07) is 1.53. The number of methoxy groups -OCH3 is 2. The van der Waals surface area contributed by atoms with Gasteiger partial charge in [0.15, 0.2) is 0 Å². The molecule has 1 atom stereocenters. The Bertz CT molecular complexity index is 496. The highest BCUT2D eigenvalue weighted by atomic mass is 16.7. The highest BCUT2D eigenvalue weighted by Gasteiger charge is 2.37. The van der Waals surface area contributed by atoms with E-state index in [-0.39, 0.29) is 17.9 Å². The summed E-state index contributed by atoms with van der Waals surface area (Å²) in [5.74, 6) is -0.237. The summed E-state index contributed by atoms with van der Waals surface area (Å²) in [6.07, 6.45) is -0.881. The molecule has 0 aliphatic carbocycles. The number of benzene rings is 1. The molecule has 0 amide bonds. The van der Waals surface area contributed by atoms with Gasteiger partial charge in [-0.1, -0.05) is 0 Å². The van der Waals surface area contributed by atoms with Crippen molar-refractivity contribution in [1.82, 2.24) is 0 Å². The highest BCUT2D eigenvalue weighted by Crippen LogP contribution is 2.43. The number of cyclic esters (lactones) is 1. The molecule has 1 aliphatic heterocycles. The van der Waals surface area contributed by atoms with Crippen molar-refractivity contribution in [1.29, 1.82) is 0 Å². The lowest BCUT2D eigenvalue weighted by atomic mass is 10.0. The molecule has 0 radical (unpaired) electrons. The van der Waals surface area contributed by atoms with Gasteiger partial charge in [0, 0.05) is 13.7 Å². The summed E-state index contributed by atoms with van der Waals surface area (Å²) in [7, 11) is 2.97. The Balaban J connectivity index is 2.56. The van der Waals surface area contributed by atoms with E-state index in [0.29, 0.717) is 23.5 Å².